The van der Waals surface area contributed by atoms with Crippen LogP contribution in [0.1, 0.15) is 36.6 Å². The molecule has 30 heavy (non-hydrogen) atoms. The van der Waals surface area contributed by atoms with E-state index < -0.39 is 22.0 Å². The van der Waals surface area contributed by atoms with Crippen molar-refractivity contribution in [2.24, 2.45) is 0 Å². The Morgan fingerprint density at radius 3 is 2.20 bits per heavy atom. The summed E-state index contributed by atoms with van der Waals surface area (Å²) < 4.78 is 36.9. The molecule has 0 aliphatic heterocycles. The van der Waals surface area contributed by atoms with Crippen molar-refractivity contribution in [3.63, 3.8) is 0 Å². The second-order valence-corrected chi connectivity index (χ2v) is 9.21. The van der Waals surface area contributed by atoms with Crippen molar-refractivity contribution in [3.05, 3.63) is 53.1 Å². The zero-order chi connectivity index (χ0) is 22.6. The van der Waals surface area contributed by atoms with Crippen LogP contribution in [-0.2, 0) is 14.8 Å². The summed E-state index contributed by atoms with van der Waals surface area (Å²) in [5.41, 5.74) is 3.48. The van der Waals surface area contributed by atoms with Crippen LogP contribution in [0, 0.1) is 13.8 Å². The van der Waals surface area contributed by atoms with Crippen molar-refractivity contribution >= 4 is 21.6 Å². The molecule has 0 aliphatic carbocycles. The van der Waals surface area contributed by atoms with Crippen LogP contribution < -0.4 is 19.1 Å². The fraction of sp³-hybridized carbons (Fsp3) is 0.409. The Morgan fingerprint density at radius 1 is 1.00 bits per heavy atom. The molecule has 0 aromatic heterocycles. The molecule has 1 N–H and O–H groups in total. The number of nitrogens with one attached hydrogen (secondary N) is 1. The van der Waals surface area contributed by atoms with Gasteiger partial charge in [0, 0.05) is 6.07 Å². The van der Waals surface area contributed by atoms with Gasteiger partial charge in [-0.25, -0.2) is 8.42 Å². The standard InChI is InChI=1S/C22H30N2O5S/c1-14-8-9-18(12-15(14)2)16(3)23-22(25)17(4)24(30(7,26)27)20-13-19(28-5)10-11-21(20)29-6/h8-13,16-17H,1-7H3,(H,23,25)/t16-,17-/m0/s1. The molecule has 8 heteroatoms. The Hall–Kier alpha value is -2.74. The van der Waals surface area contributed by atoms with Gasteiger partial charge in [-0.3, -0.25) is 9.10 Å². The second kappa shape index (κ2) is 9.38. The lowest BCUT2D eigenvalue weighted by molar-refractivity contribution is -0.122. The summed E-state index contributed by atoms with van der Waals surface area (Å²) in [5, 5.41) is 2.91. The molecule has 2 rings (SSSR count). The Labute approximate surface area is 179 Å². The number of hydrogen-bond acceptors (Lipinski definition) is 5. The minimum atomic E-state index is -3.80. The van der Waals surface area contributed by atoms with E-state index in [-0.39, 0.29) is 11.7 Å². The maximum atomic E-state index is 13.0. The molecule has 2 atom stereocenters. The molecule has 164 valence electrons. The molecule has 0 saturated heterocycles. The third-order valence-electron chi connectivity index (χ3n) is 5.10. The van der Waals surface area contributed by atoms with E-state index in [1.54, 1.807) is 19.1 Å². The molecule has 0 heterocycles. The van der Waals surface area contributed by atoms with Gasteiger partial charge in [0.25, 0.3) is 0 Å². The molecule has 7 nitrogen and oxygen atoms in total. The fourth-order valence-corrected chi connectivity index (χ4v) is 4.37. The zero-order valence-electron chi connectivity index (χ0n) is 18.5. The van der Waals surface area contributed by atoms with Crippen LogP contribution >= 0.6 is 0 Å². The van der Waals surface area contributed by atoms with Crippen molar-refractivity contribution in [2.75, 3.05) is 24.8 Å². The van der Waals surface area contributed by atoms with Crippen LogP contribution in [-0.4, -0.2) is 40.8 Å². The number of anilines is 1. The van der Waals surface area contributed by atoms with Gasteiger partial charge >= 0.3 is 0 Å². The molecule has 0 fully saturated rings. The molecule has 2 aromatic carbocycles. The Bertz CT molecular complexity index is 1020. The van der Waals surface area contributed by atoms with Crippen LogP contribution in [0.4, 0.5) is 5.69 Å². The van der Waals surface area contributed by atoms with Gasteiger partial charge in [-0.05, 0) is 56.5 Å². The van der Waals surface area contributed by atoms with E-state index >= 15 is 0 Å². The number of carbonyl (C=O) groups excluding carboxylic acids is 1. The number of amides is 1. The third kappa shape index (κ3) is 5.24. The molecule has 1 amide bonds. The van der Waals surface area contributed by atoms with Gasteiger partial charge in [-0.1, -0.05) is 18.2 Å². The molecule has 0 saturated carbocycles. The smallest absolute Gasteiger partial charge is 0.244 e. The van der Waals surface area contributed by atoms with E-state index in [1.807, 2.05) is 39.0 Å². The second-order valence-electron chi connectivity index (χ2n) is 7.35. The van der Waals surface area contributed by atoms with Gasteiger partial charge in [0.1, 0.15) is 17.5 Å². The topological polar surface area (TPSA) is 84.9 Å². The summed E-state index contributed by atoms with van der Waals surface area (Å²) in [6.45, 7) is 7.44. The van der Waals surface area contributed by atoms with Crippen molar-refractivity contribution in [1.82, 2.24) is 5.32 Å². The fourth-order valence-electron chi connectivity index (χ4n) is 3.20. The van der Waals surface area contributed by atoms with E-state index in [9.17, 15) is 13.2 Å². The predicted molar refractivity (Wildman–Crippen MR) is 119 cm³/mol. The van der Waals surface area contributed by atoms with Gasteiger partial charge in [-0.15, -0.1) is 0 Å². The summed E-state index contributed by atoms with van der Waals surface area (Å²) in [6, 6.07) is 9.49. The first-order valence-electron chi connectivity index (χ1n) is 9.58. The lowest BCUT2D eigenvalue weighted by atomic mass is 10.0. The van der Waals surface area contributed by atoms with Crippen molar-refractivity contribution < 1.29 is 22.7 Å². The van der Waals surface area contributed by atoms with E-state index in [1.165, 1.54) is 25.8 Å². The molecule has 0 unspecified atom stereocenters. The summed E-state index contributed by atoms with van der Waals surface area (Å²) >= 11 is 0. The van der Waals surface area contributed by atoms with Crippen molar-refractivity contribution in [1.29, 1.82) is 0 Å². The van der Waals surface area contributed by atoms with Crippen LogP contribution in [0.5, 0.6) is 11.5 Å². The average Bonchev–Trinajstić information content (AvgIpc) is 2.68. The zero-order valence-corrected chi connectivity index (χ0v) is 19.3. The number of sulfonamides is 1. The van der Waals surface area contributed by atoms with E-state index in [4.69, 9.17) is 9.47 Å². The van der Waals surface area contributed by atoms with E-state index in [2.05, 4.69) is 5.32 Å². The largest absolute Gasteiger partial charge is 0.497 e. The average molecular weight is 435 g/mol. The summed E-state index contributed by atoms with van der Waals surface area (Å²) in [6.07, 6.45) is 1.06. The number of benzene rings is 2. The molecule has 0 bridgehead atoms. The van der Waals surface area contributed by atoms with Crippen molar-refractivity contribution in [2.45, 2.75) is 39.8 Å². The minimum Gasteiger partial charge on any atom is -0.497 e. The van der Waals surface area contributed by atoms with Gasteiger partial charge in [0.15, 0.2) is 0 Å². The SMILES string of the molecule is COc1ccc(OC)c(N([C@@H](C)C(=O)N[C@@H](C)c2ccc(C)c(C)c2)S(C)(=O)=O)c1. The van der Waals surface area contributed by atoms with Crippen LogP contribution in [0.3, 0.4) is 0 Å². The summed E-state index contributed by atoms with van der Waals surface area (Å²) in [5.74, 6) is 0.356. The van der Waals surface area contributed by atoms with E-state index in [0.29, 0.717) is 11.5 Å². The highest BCUT2D eigenvalue weighted by Crippen LogP contribution is 2.35. The number of rotatable bonds is 8. The first-order chi connectivity index (χ1) is 14.0. The molecule has 0 aliphatic rings. The highest BCUT2D eigenvalue weighted by Gasteiger charge is 2.32. The summed E-state index contributed by atoms with van der Waals surface area (Å²) in [4.78, 5) is 13.0. The number of hydrogen-bond donors (Lipinski definition) is 1. The molecule has 2 aromatic rings. The van der Waals surface area contributed by atoms with Crippen LogP contribution in [0.15, 0.2) is 36.4 Å². The molecule has 0 radical (unpaired) electrons. The van der Waals surface area contributed by atoms with E-state index in [0.717, 1.165) is 21.7 Å². The van der Waals surface area contributed by atoms with Gasteiger partial charge in [-0.2, -0.15) is 0 Å². The molecular formula is C22H30N2O5S. The van der Waals surface area contributed by atoms with Gasteiger partial charge in [0.2, 0.25) is 15.9 Å². The number of aryl methyl sites for hydroxylation is 2. The molecular weight excluding hydrogens is 404 g/mol. The van der Waals surface area contributed by atoms with Crippen LogP contribution in [0.2, 0.25) is 0 Å². The Balaban J connectivity index is 2.37. The van der Waals surface area contributed by atoms with Crippen LogP contribution in [0.25, 0.3) is 0 Å². The number of nitrogens with zero attached hydrogens (tertiary/aromatic N) is 1. The Morgan fingerprint density at radius 2 is 1.67 bits per heavy atom. The van der Waals surface area contributed by atoms with Gasteiger partial charge < -0.3 is 14.8 Å². The quantitative estimate of drug-likeness (QED) is 0.689. The number of methoxy groups -OCH3 is 2. The monoisotopic (exact) mass is 434 g/mol. The number of carbonyl (C=O) groups is 1. The highest BCUT2D eigenvalue weighted by molar-refractivity contribution is 7.92. The lowest BCUT2D eigenvalue weighted by Gasteiger charge is -2.30. The maximum absolute atomic E-state index is 13.0. The molecule has 0 spiro atoms. The highest BCUT2D eigenvalue weighted by atomic mass is 32.2. The maximum Gasteiger partial charge on any atom is 0.244 e. The first-order valence-corrected chi connectivity index (χ1v) is 11.4. The van der Waals surface area contributed by atoms with Gasteiger partial charge in [0.05, 0.1) is 32.2 Å². The first kappa shape index (κ1) is 23.5. The Kier molecular flexibility index (Phi) is 7.36. The lowest BCUT2D eigenvalue weighted by Crippen LogP contribution is -2.48. The predicted octanol–water partition coefficient (Wildman–Crippen LogP) is 3.35. The third-order valence-corrected chi connectivity index (χ3v) is 6.33. The number of ether oxygens (including phenoxy) is 2. The summed E-state index contributed by atoms with van der Waals surface area (Å²) in [7, 11) is -0.869. The normalized spacial score (nSPS) is 13.3. The van der Waals surface area contributed by atoms with Crippen molar-refractivity contribution in [3.8, 4) is 11.5 Å². The minimum absolute atomic E-state index is 0.237.